The van der Waals surface area contributed by atoms with Gasteiger partial charge in [-0.25, -0.2) is 8.78 Å². The predicted molar refractivity (Wildman–Crippen MR) is 59.4 cm³/mol. The van der Waals surface area contributed by atoms with Gasteiger partial charge in [0.15, 0.2) is 11.6 Å². The second kappa shape index (κ2) is 4.59. The zero-order chi connectivity index (χ0) is 11.7. The van der Waals surface area contributed by atoms with E-state index in [1.807, 2.05) is 0 Å². The average molecular weight is 290 g/mol. The molecule has 1 aromatic rings. The van der Waals surface area contributed by atoms with Gasteiger partial charge < -0.3 is 5.32 Å². The molecule has 0 radical (unpaired) electrons. The Morgan fingerprint density at radius 2 is 2.19 bits per heavy atom. The first-order valence-electron chi connectivity index (χ1n) is 5.02. The van der Waals surface area contributed by atoms with Gasteiger partial charge in [-0.15, -0.1) is 0 Å². The topological polar surface area (TPSA) is 29.1 Å². The monoisotopic (exact) mass is 289 g/mol. The Labute approximate surface area is 100 Å². The number of carbonyl (C=O) groups excluding carboxylic acids is 1. The van der Waals surface area contributed by atoms with Crippen LogP contribution < -0.4 is 5.32 Å². The minimum Gasteiger partial charge on any atom is -0.307 e. The van der Waals surface area contributed by atoms with Crippen LogP contribution >= 0.6 is 15.9 Å². The van der Waals surface area contributed by atoms with Gasteiger partial charge in [-0.1, -0.05) is 0 Å². The van der Waals surface area contributed by atoms with Crippen LogP contribution in [0.1, 0.15) is 23.2 Å². The minimum atomic E-state index is -0.821. The number of ketones is 1. The third kappa shape index (κ3) is 2.01. The molecule has 1 aliphatic heterocycles. The van der Waals surface area contributed by atoms with Crippen LogP contribution in [0.2, 0.25) is 0 Å². The normalized spacial score (nSPS) is 20.1. The second-order valence-electron chi connectivity index (χ2n) is 3.73. The minimum absolute atomic E-state index is 0.107. The Balaban J connectivity index is 2.39. The Hall–Kier alpha value is -0.810. The molecule has 1 heterocycles. The predicted octanol–water partition coefficient (Wildman–Crippen LogP) is 2.66. The van der Waals surface area contributed by atoms with Crippen LogP contribution in [0, 0.1) is 11.6 Å². The standard InChI is InChI=1S/C11H10BrF2NO/c12-6-3-4-7(13)9(10(6)14)11(16)8-2-1-5-15-8/h3-4,8,15H,1-2,5H2. The fourth-order valence-electron chi connectivity index (χ4n) is 1.84. The lowest BCUT2D eigenvalue weighted by Crippen LogP contribution is -2.32. The van der Waals surface area contributed by atoms with Gasteiger partial charge in [-0.05, 0) is 47.4 Å². The zero-order valence-corrected chi connectivity index (χ0v) is 9.98. The van der Waals surface area contributed by atoms with E-state index in [4.69, 9.17) is 0 Å². The summed E-state index contributed by atoms with van der Waals surface area (Å²) in [6, 6.07) is 1.89. The molecule has 16 heavy (non-hydrogen) atoms. The van der Waals surface area contributed by atoms with E-state index < -0.39 is 29.0 Å². The van der Waals surface area contributed by atoms with Gasteiger partial charge >= 0.3 is 0 Å². The molecule has 0 saturated carbocycles. The van der Waals surface area contributed by atoms with Crippen molar-refractivity contribution in [1.29, 1.82) is 0 Å². The highest BCUT2D eigenvalue weighted by Crippen LogP contribution is 2.24. The smallest absolute Gasteiger partial charge is 0.185 e. The van der Waals surface area contributed by atoms with E-state index in [0.717, 1.165) is 12.5 Å². The number of benzene rings is 1. The highest BCUT2D eigenvalue weighted by molar-refractivity contribution is 9.10. The van der Waals surface area contributed by atoms with Crippen LogP contribution in [-0.4, -0.2) is 18.4 Å². The van der Waals surface area contributed by atoms with Crippen molar-refractivity contribution in [1.82, 2.24) is 5.32 Å². The number of nitrogens with one attached hydrogen (secondary N) is 1. The van der Waals surface area contributed by atoms with Gasteiger partial charge in [-0.2, -0.15) is 0 Å². The van der Waals surface area contributed by atoms with E-state index >= 15 is 0 Å². The largest absolute Gasteiger partial charge is 0.307 e. The van der Waals surface area contributed by atoms with Crippen LogP contribution in [0.4, 0.5) is 8.78 Å². The summed E-state index contributed by atoms with van der Waals surface area (Å²) in [5.74, 6) is -2.13. The Bertz CT molecular complexity index is 430. The van der Waals surface area contributed by atoms with Gasteiger partial charge in [0.2, 0.25) is 0 Å². The molecule has 1 aromatic carbocycles. The van der Waals surface area contributed by atoms with Gasteiger partial charge in [0.1, 0.15) is 5.82 Å². The van der Waals surface area contributed by atoms with Crippen molar-refractivity contribution >= 4 is 21.7 Å². The van der Waals surface area contributed by atoms with E-state index in [1.165, 1.54) is 6.07 Å². The summed E-state index contributed by atoms with van der Waals surface area (Å²) in [5, 5.41) is 2.93. The van der Waals surface area contributed by atoms with Crippen molar-refractivity contribution in [3.05, 3.63) is 33.8 Å². The summed E-state index contributed by atoms with van der Waals surface area (Å²) < 4.78 is 27.2. The summed E-state index contributed by atoms with van der Waals surface area (Å²) in [6.45, 7) is 0.716. The van der Waals surface area contributed by atoms with Crippen molar-refractivity contribution in [2.75, 3.05) is 6.54 Å². The molecule has 1 N–H and O–H groups in total. The first-order valence-corrected chi connectivity index (χ1v) is 5.81. The van der Waals surface area contributed by atoms with Crippen molar-refractivity contribution < 1.29 is 13.6 Å². The van der Waals surface area contributed by atoms with E-state index in [9.17, 15) is 13.6 Å². The zero-order valence-electron chi connectivity index (χ0n) is 8.40. The van der Waals surface area contributed by atoms with Crippen molar-refractivity contribution in [2.24, 2.45) is 0 Å². The summed E-state index contributed by atoms with van der Waals surface area (Å²) in [5.41, 5.74) is -0.450. The van der Waals surface area contributed by atoms with Crippen molar-refractivity contribution in [3.8, 4) is 0 Å². The third-order valence-electron chi connectivity index (χ3n) is 2.67. The fourth-order valence-corrected chi connectivity index (χ4v) is 2.17. The maximum Gasteiger partial charge on any atom is 0.185 e. The molecule has 5 heteroatoms. The summed E-state index contributed by atoms with van der Waals surface area (Å²) >= 11 is 2.94. The number of hydrogen-bond donors (Lipinski definition) is 1. The third-order valence-corrected chi connectivity index (χ3v) is 3.28. The summed E-state index contributed by atoms with van der Waals surface area (Å²) in [7, 11) is 0. The fraction of sp³-hybridized carbons (Fsp3) is 0.364. The van der Waals surface area contributed by atoms with Crippen LogP contribution in [0.15, 0.2) is 16.6 Å². The number of rotatable bonds is 2. The molecule has 1 unspecified atom stereocenters. The van der Waals surface area contributed by atoms with E-state index in [-0.39, 0.29) is 4.47 Å². The molecule has 1 saturated heterocycles. The number of halogens is 3. The van der Waals surface area contributed by atoms with Crippen LogP contribution in [0.5, 0.6) is 0 Å². The van der Waals surface area contributed by atoms with Crippen molar-refractivity contribution in [3.63, 3.8) is 0 Å². The Morgan fingerprint density at radius 3 is 2.81 bits per heavy atom. The number of Topliss-reactive ketones (excluding diaryl/α,β-unsaturated/α-hetero) is 1. The van der Waals surface area contributed by atoms with Crippen LogP contribution in [0.25, 0.3) is 0 Å². The number of carbonyl (C=O) groups is 1. The molecule has 1 fully saturated rings. The summed E-state index contributed by atoms with van der Waals surface area (Å²) in [6.07, 6.45) is 1.48. The Kier molecular flexibility index (Phi) is 3.35. The molecule has 0 bridgehead atoms. The highest BCUT2D eigenvalue weighted by atomic mass is 79.9. The van der Waals surface area contributed by atoms with E-state index in [2.05, 4.69) is 21.2 Å². The molecule has 86 valence electrons. The average Bonchev–Trinajstić information content (AvgIpc) is 2.77. The molecule has 0 aliphatic carbocycles. The summed E-state index contributed by atoms with van der Waals surface area (Å²) in [4.78, 5) is 11.9. The van der Waals surface area contributed by atoms with Crippen LogP contribution in [0.3, 0.4) is 0 Å². The lowest BCUT2D eigenvalue weighted by molar-refractivity contribution is 0.0943. The molecular formula is C11H10BrF2NO. The lowest BCUT2D eigenvalue weighted by Gasteiger charge is -2.11. The van der Waals surface area contributed by atoms with Gasteiger partial charge in [0.05, 0.1) is 16.1 Å². The first-order chi connectivity index (χ1) is 7.61. The van der Waals surface area contributed by atoms with Crippen molar-refractivity contribution in [2.45, 2.75) is 18.9 Å². The van der Waals surface area contributed by atoms with Crippen LogP contribution in [-0.2, 0) is 0 Å². The molecule has 0 amide bonds. The lowest BCUT2D eigenvalue weighted by atomic mass is 10.0. The Morgan fingerprint density at radius 1 is 1.44 bits per heavy atom. The molecule has 0 spiro atoms. The molecule has 1 aliphatic rings. The number of hydrogen-bond acceptors (Lipinski definition) is 2. The second-order valence-corrected chi connectivity index (χ2v) is 4.59. The SMILES string of the molecule is O=C(c1c(F)ccc(Br)c1F)C1CCCN1. The quantitative estimate of drug-likeness (QED) is 0.670. The molecular weight excluding hydrogens is 280 g/mol. The first kappa shape index (κ1) is 11.7. The maximum atomic E-state index is 13.6. The molecule has 1 atom stereocenters. The maximum absolute atomic E-state index is 13.6. The van der Waals surface area contributed by atoms with Gasteiger partial charge in [0.25, 0.3) is 0 Å². The van der Waals surface area contributed by atoms with Gasteiger partial charge in [-0.3, -0.25) is 4.79 Å². The molecule has 0 aromatic heterocycles. The van der Waals surface area contributed by atoms with E-state index in [0.29, 0.717) is 13.0 Å². The molecule has 2 nitrogen and oxygen atoms in total. The van der Waals surface area contributed by atoms with E-state index in [1.54, 1.807) is 0 Å². The van der Waals surface area contributed by atoms with Gasteiger partial charge in [0, 0.05) is 0 Å². The highest BCUT2D eigenvalue weighted by Gasteiger charge is 2.28. The molecule has 2 rings (SSSR count).